The number of carboxylic acids is 1. The number of nitrogens with two attached hydrogens (primary N) is 1. The minimum Gasteiger partial charge on any atom is -0.478 e. The number of carboxylic acid groups (broad SMARTS) is 1. The maximum Gasteiger partial charge on any atom is 0.339 e. The summed E-state index contributed by atoms with van der Waals surface area (Å²) in [5.74, 6) is 0.186. The molecule has 1 aliphatic rings. The minimum absolute atomic E-state index is 0.183. The number of nitrogen functional groups attached to an aromatic ring is 1. The van der Waals surface area contributed by atoms with Gasteiger partial charge < -0.3 is 15.7 Å². The maximum absolute atomic E-state index is 11.3. The third-order valence-corrected chi connectivity index (χ3v) is 3.41. The molecule has 1 aromatic rings. The van der Waals surface area contributed by atoms with Crippen LogP contribution in [0.15, 0.2) is 12.3 Å². The standard InChI is InChI=1S/C14H22N4O2/c1-10(2)9-17-3-5-18(6-4-17)13-12(14(19)20)7-11(15)8-16-13/h7-8,10H,3-6,9,15H2,1-2H3,(H,19,20). The number of hydrogen-bond donors (Lipinski definition) is 2. The Morgan fingerprint density at radius 2 is 2.05 bits per heavy atom. The molecule has 0 spiro atoms. The zero-order valence-electron chi connectivity index (χ0n) is 12.0. The van der Waals surface area contributed by atoms with Gasteiger partial charge in [-0.05, 0) is 12.0 Å². The summed E-state index contributed by atoms with van der Waals surface area (Å²) < 4.78 is 0. The third-order valence-electron chi connectivity index (χ3n) is 3.41. The lowest BCUT2D eigenvalue weighted by atomic mass is 10.1. The van der Waals surface area contributed by atoms with E-state index in [9.17, 15) is 9.90 Å². The van der Waals surface area contributed by atoms with Crippen LogP contribution in [0.3, 0.4) is 0 Å². The van der Waals surface area contributed by atoms with Crippen LogP contribution < -0.4 is 10.6 Å². The van der Waals surface area contributed by atoms with Crippen molar-refractivity contribution < 1.29 is 9.90 Å². The average Bonchev–Trinajstić information content (AvgIpc) is 2.39. The molecule has 0 radical (unpaired) electrons. The Morgan fingerprint density at radius 3 is 2.60 bits per heavy atom. The molecule has 0 bridgehead atoms. The van der Waals surface area contributed by atoms with Gasteiger partial charge >= 0.3 is 5.97 Å². The van der Waals surface area contributed by atoms with Crippen molar-refractivity contribution in [2.24, 2.45) is 5.92 Å². The zero-order valence-corrected chi connectivity index (χ0v) is 12.0. The van der Waals surface area contributed by atoms with Crippen molar-refractivity contribution in [3.8, 4) is 0 Å². The molecule has 20 heavy (non-hydrogen) atoms. The number of carbonyl (C=O) groups is 1. The van der Waals surface area contributed by atoms with Crippen molar-refractivity contribution in [3.05, 3.63) is 17.8 Å². The first-order chi connectivity index (χ1) is 9.47. The predicted molar refractivity (Wildman–Crippen MR) is 79.1 cm³/mol. The predicted octanol–water partition coefficient (Wildman–Crippen LogP) is 1.14. The van der Waals surface area contributed by atoms with Crippen molar-refractivity contribution in [3.63, 3.8) is 0 Å². The van der Waals surface area contributed by atoms with E-state index in [0.717, 1.165) is 32.7 Å². The summed E-state index contributed by atoms with van der Waals surface area (Å²) >= 11 is 0. The van der Waals surface area contributed by atoms with Gasteiger partial charge in [0.15, 0.2) is 0 Å². The molecule has 0 amide bonds. The van der Waals surface area contributed by atoms with Crippen LogP contribution in [0.4, 0.5) is 11.5 Å². The summed E-state index contributed by atoms with van der Waals surface area (Å²) in [6.07, 6.45) is 1.52. The summed E-state index contributed by atoms with van der Waals surface area (Å²) in [5, 5.41) is 9.26. The van der Waals surface area contributed by atoms with Crippen LogP contribution in [0.25, 0.3) is 0 Å². The number of rotatable bonds is 4. The fourth-order valence-corrected chi connectivity index (χ4v) is 2.54. The fourth-order valence-electron chi connectivity index (χ4n) is 2.54. The number of pyridine rings is 1. The van der Waals surface area contributed by atoms with E-state index >= 15 is 0 Å². The van der Waals surface area contributed by atoms with Crippen molar-refractivity contribution in [2.45, 2.75) is 13.8 Å². The Balaban J connectivity index is 2.09. The summed E-state index contributed by atoms with van der Waals surface area (Å²) in [4.78, 5) is 19.9. The van der Waals surface area contributed by atoms with Crippen LogP contribution in [0.5, 0.6) is 0 Å². The van der Waals surface area contributed by atoms with E-state index in [4.69, 9.17) is 5.73 Å². The van der Waals surface area contributed by atoms with E-state index in [2.05, 4.69) is 23.7 Å². The first-order valence-electron chi connectivity index (χ1n) is 6.93. The van der Waals surface area contributed by atoms with Gasteiger partial charge in [0.2, 0.25) is 0 Å². The molecular formula is C14H22N4O2. The second-order valence-corrected chi connectivity index (χ2v) is 5.63. The summed E-state index contributed by atoms with van der Waals surface area (Å²) in [6, 6.07) is 1.48. The van der Waals surface area contributed by atoms with Crippen LogP contribution in [0.2, 0.25) is 0 Å². The molecule has 1 aromatic heterocycles. The molecular weight excluding hydrogens is 256 g/mol. The summed E-state index contributed by atoms with van der Waals surface area (Å²) in [6.45, 7) is 8.95. The molecule has 0 unspecified atom stereocenters. The number of hydrogen-bond acceptors (Lipinski definition) is 5. The second kappa shape index (κ2) is 6.09. The van der Waals surface area contributed by atoms with E-state index in [1.165, 1.54) is 12.3 Å². The van der Waals surface area contributed by atoms with Crippen molar-refractivity contribution >= 4 is 17.5 Å². The van der Waals surface area contributed by atoms with Gasteiger partial charge in [-0.15, -0.1) is 0 Å². The number of aromatic nitrogens is 1. The molecule has 1 aliphatic heterocycles. The third kappa shape index (κ3) is 3.39. The van der Waals surface area contributed by atoms with Gasteiger partial charge in [0, 0.05) is 32.7 Å². The van der Waals surface area contributed by atoms with Gasteiger partial charge in [0.1, 0.15) is 11.4 Å². The largest absolute Gasteiger partial charge is 0.478 e. The number of aromatic carboxylic acids is 1. The molecule has 3 N–H and O–H groups in total. The SMILES string of the molecule is CC(C)CN1CCN(c2ncc(N)cc2C(=O)O)CC1. The molecule has 0 aromatic carbocycles. The maximum atomic E-state index is 11.3. The Kier molecular flexibility index (Phi) is 4.44. The Morgan fingerprint density at radius 1 is 1.40 bits per heavy atom. The summed E-state index contributed by atoms with van der Waals surface area (Å²) in [7, 11) is 0. The molecule has 2 heterocycles. The van der Waals surface area contributed by atoms with Crippen LogP contribution in [0, 0.1) is 5.92 Å². The van der Waals surface area contributed by atoms with E-state index in [1.54, 1.807) is 0 Å². The quantitative estimate of drug-likeness (QED) is 0.859. The highest BCUT2D eigenvalue weighted by molar-refractivity contribution is 5.94. The molecule has 110 valence electrons. The molecule has 1 saturated heterocycles. The highest BCUT2D eigenvalue weighted by atomic mass is 16.4. The van der Waals surface area contributed by atoms with Crippen LogP contribution in [-0.2, 0) is 0 Å². The lowest BCUT2D eigenvalue weighted by molar-refractivity contribution is 0.0697. The highest BCUT2D eigenvalue weighted by Crippen LogP contribution is 2.21. The fraction of sp³-hybridized carbons (Fsp3) is 0.571. The Bertz CT molecular complexity index is 482. The molecule has 0 saturated carbocycles. The van der Waals surface area contributed by atoms with Crippen molar-refractivity contribution in [1.29, 1.82) is 0 Å². The lowest BCUT2D eigenvalue weighted by Gasteiger charge is -2.36. The zero-order chi connectivity index (χ0) is 14.7. The molecule has 1 fully saturated rings. The van der Waals surface area contributed by atoms with Crippen molar-refractivity contribution in [2.75, 3.05) is 43.4 Å². The Hall–Kier alpha value is -1.82. The number of anilines is 2. The van der Waals surface area contributed by atoms with Crippen LogP contribution in [-0.4, -0.2) is 53.7 Å². The lowest BCUT2D eigenvalue weighted by Crippen LogP contribution is -2.48. The minimum atomic E-state index is -0.982. The topological polar surface area (TPSA) is 82.7 Å². The van der Waals surface area contributed by atoms with Gasteiger partial charge in [-0.3, -0.25) is 4.90 Å². The van der Waals surface area contributed by atoms with Gasteiger partial charge in [-0.1, -0.05) is 13.8 Å². The summed E-state index contributed by atoms with van der Waals surface area (Å²) in [5.41, 5.74) is 6.18. The van der Waals surface area contributed by atoms with Gasteiger partial charge in [0.05, 0.1) is 11.9 Å². The average molecular weight is 278 g/mol. The van der Waals surface area contributed by atoms with E-state index < -0.39 is 5.97 Å². The molecule has 0 atom stereocenters. The normalized spacial score (nSPS) is 16.6. The molecule has 2 rings (SSSR count). The van der Waals surface area contributed by atoms with Gasteiger partial charge in [-0.2, -0.15) is 0 Å². The van der Waals surface area contributed by atoms with E-state index in [0.29, 0.717) is 17.4 Å². The van der Waals surface area contributed by atoms with Crippen LogP contribution >= 0.6 is 0 Å². The van der Waals surface area contributed by atoms with Gasteiger partial charge in [-0.25, -0.2) is 9.78 Å². The second-order valence-electron chi connectivity index (χ2n) is 5.63. The van der Waals surface area contributed by atoms with E-state index in [1.807, 2.05) is 4.90 Å². The molecule has 6 heteroatoms. The first kappa shape index (κ1) is 14.6. The smallest absolute Gasteiger partial charge is 0.339 e. The van der Waals surface area contributed by atoms with Crippen LogP contribution in [0.1, 0.15) is 24.2 Å². The van der Waals surface area contributed by atoms with Crippen molar-refractivity contribution in [1.82, 2.24) is 9.88 Å². The highest BCUT2D eigenvalue weighted by Gasteiger charge is 2.23. The monoisotopic (exact) mass is 278 g/mol. The first-order valence-corrected chi connectivity index (χ1v) is 6.93. The molecule has 0 aliphatic carbocycles. The van der Waals surface area contributed by atoms with E-state index in [-0.39, 0.29) is 5.56 Å². The molecule has 6 nitrogen and oxygen atoms in total. The number of piperazine rings is 1. The number of nitrogens with zero attached hydrogens (tertiary/aromatic N) is 3. The Labute approximate surface area is 119 Å². The van der Waals surface area contributed by atoms with Gasteiger partial charge in [0.25, 0.3) is 0 Å².